The van der Waals surface area contributed by atoms with E-state index < -0.39 is 0 Å². The van der Waals surface area contributed by atoms with Crippen LogP contribution in [0, 0.1) is 46.3 Å². The molecule has 4 aliphatic carbocycles. The van der Waals surface area contributed by atoms with Crippen LogP contribution in [0.3, 0.4) is 0 Å². The Bertz CT molecular complexity index is 453. The van der Waals surface area contributed by atoms with Gasteiger partial charge in [0.05, 0.1) is 0 Å². The van der Waals surface area contributed by atoms with Crippen molar-refractivity contribution in [3.63, 3.8) is 0 Å². The van der Waals surface area contributed by atoms with Crippen molar-refractivity contribution in [2.75, 3.05) is 0 Å². The molecule has 4 rings (SSSR count). The molecule has 0 saturated heterocycles. The first kappa shape index (κ1) is 17.4. The second-order valence-electron chi connectivity index (χ2n) is 10.9. The van der Waals surface area contributed by atoms with E-state index in [9.17, 15) is 0 Å². The van der Waals surface area contributed by atoms with E-state index in [4.69, 9.17) is 0 Å². The molecule has 0 nitrogen and oxygen atoms in total. The molecule has 0 aromatic heterocycles. The number of fused-ring (bicyclic) bond motifs is 5. The Labute approximate surface area is 151 Å². The van der Waals surface area contributed by atoms with Gasteiger partial charge in [-0.15, -0.1) is 0 Å². The van der Waals surface area contributed by atoms with Gasteiger partial charge in [0, 0.05) is 0 Å². The van der Waals surface area contributed by atoms with Crippen LogP contribution in [0.25, 0.3) is 0 Å². The summed E-state index contributed by atoms with van der Waals surface area (Å²) >= 11 is 0. The average Bonchev–Trinajstić information content (AvgIpc) is 2.92. The fourth-order valence-corrected chi connectivity index (χ4v) is 8.93. The van der Waals surface area contributed by atoms with Crippen LogP contribution in [0.2, 0.25) is 0 Å². The monoisotopic (exact) mass is 330 g/mol. The summed E-state index contributed by atoms with van der Waals surface area (Å²) < 4.78 is 0. The van der Waals surface area contributed by atoms with Crippen LogP contribution in [0.15, 0.2) is 0 Å². The maximum Gasteiger partial charge on any atom is -0.0264 e. The SMILES string of the molecule is CCC[C@@H](C)[C@H]1CC[C@H]2C3CC[C@H]4CCCC[C@]4(C)[C@H]3CC[C@]12C. The quantitative estimate of drug-likeness (QED) is 0.503. The molecule has 4 fully saturated rings. The Kier molecular flexibility index (Phi) is 4.58. The fraction of sp³-hybridized carbons (Fsp3) is 1.00. The molecular weight excluding hydrogens is 288 g/mol. The minimum atomic E-state index is 0.688. The summed E-state index contributed by atoms with van der Waals surface area (Å²) in [6, 6.07) is 0. The van der Waals surface area contributed by atoms with Gasteiger partial charge in [0.2, 0.25) is 0 Å². The van der Waals surface area contributed by atoms with E-state index in [1.807, 2.05) is 0 Å². The lowest BCUT2D eigenvalue weighted by Crippen LogP contribution is -2.53. The molecule has 4 saturated carbocycles. The average molecular weight is 331 g/mol. The van der Waals surface area contributed by atoms with Gasteiger partial charge in [-0.25, -0.2) is 0 Å². The van der Waals surface area contributed by atoms with E-state index in [2.05, 4.69) is 27.7 Å². The first-order chi connectivity index (χ1) is 11.5. The lowest BCUT2D eigenvalue weighted by Gasteiger charge is -2.61. The Morgan fingerprint density at radius 1 is 0.833 bits per heavy atom. The largest absolute Gasteiger partial charge is 0.0654 e. The van der Waals surface area contributed by atoms with Gasteiger partial charge in [-0.1, -0.05) is 53.4 Å². The Balaban J connectivity index is 1.57. The molecule has 0 N–H and O–H groups in total. The molecule has 0 radical (unpaired) electrons. The standard InChI is InChI=1S/C24H42/c1-5-8-17(2)20-12-13-21-19-11-10-18-9-6-7-15-23(18,3)22(19)14-16-24(20,21)4/h17-22H,5-16H2,1-4H3/t17-,18-,19?,20-,21+,22+,23+,24-/m1/s1. The van der Waals surface area contributed by atoms with Crippen molar-refractivity contribution < 1.29 is 0 Å². The van der Waals surface area contributed by atoms with Gasteiger partial charge in [0.1, 0.15) is 0 Å². The highest BCUT2D eigenvalue weighted by Gasteiger charge is 2.59. The number of rotatable bonds is 3. The van der Waals surface area contributed by atoms with Gasteiger partial charge >= 0.3 is 0 Å². The summed E-state index contributed by atoms with van der Waals surface area (Å²) in [5.74, 6) is 6.30. The summed E-state index contributed by atoms with van der Waals surface area (Å²) in [6.45, 7) is 10.4. The van der Waals surface area contributed by atoms with E-state index in [1.54, 1.807) is 51.4 Å². The van der Waals surface area contributed by atoms with Gasteiger partial charge in [0.25, 0.3) is 0 Å². The van der Waals surface area contributed by atoms with Crippen molar-refractivity contribution in [3.05, 3.63) is 0 Å². The molecular formula is C24H42. The molecule has 0 aromatic carbocycles. The van der Waals surface area contributed by atoms with Gasteiger partial charge in [-0.3, -0.25) is 0 Å². The third-order valence-corrected chi connectivity index (χ3v) is 10.1. The van der Waals surface area contributed by atoms with E-state index in [-0.39, 0.29) is 0 Å². The van der Waals surface area contributed by atoms with Crippen molar-refractivity contribution in [3.8, 4) is 0 Å². The number of hydrogen-bond acceptors (Lipinski definition) is 0. The zero-order valence-corrected chi connectivity index (χ0v) is 16.9. The van der Waals surface area contributed by atoms with Gasteiger partial charge in [-0.05, 0) is 97.7 Å². The van der Waals surface area contributed by atoms with Crippen LogP contribution in [0.4, 0.5) is 0 Å². The van der Waals surface area contributed by atoms with Crippen molar-refractivity contribution >= 4 is 0 Å². The highest BCUT2D eigenvalue weighted by Crippen LogP contribution is 2.68. The lowest BCUT2D eigenvalue weighted by atomic mass is 9.44. The predicted octanol–water partition coefficient (Wildman–Crippen LogP) is 7.47. The molecule has 138 valence electrons. The van der Waals surface area contributed by atoms with E-state index in [0.29, 0.717) is 5.41 Å². The van der Waals surface area contributed by atoms with E-state index >= 15 is 0 Å². The summed E-state index contributed by atoms with van der Waals surface area (Å²) in [6.07, 6.45) is 18.4. The third kappa shape index (κ3) is 2.44. The molecule has 0 aromatic rings. The van der Waals surface area contributed by atoms with Crippen LogP contribution in [-0.4, -0.2) is 0 Å². The molecule has 0 heteroatoms. The van der Waals surface area contributed by atoms with Crippen LogP contribution < -0.4 is 0 Å². The summed E-state index contributed by atoms with van der Waals surface area (Å²) in [7, 11) is 0. The molecule has 0 aliphatic heterocycles. The molecule has 0 bridgehead atoms. The van der Waals surface area contributed by atoms with Gasteiger partial charge in [0.15, 0.2) is 0 Å². The smallest absolute Gasteiger partial charge is 0.0264 e. The minimum absolute atomic E-state index is 0.688. The van der Waals surface area contributed by atoms with Crippen molar-refractivity contribution in [2.45, 2.75) is 105 Å². The van der Waals surface area contributed by atoms with Crippen LogP contribution >= 0.6 is 0 Å². The molecule has 0 heterocycles. The van der Waals surface area contributed by atoms with Crippen LogP contribution in [-0.2, 0) is 0 Å². The zero-order valence-electron chi connectivity index (χ0n) is 16.9. The normalized spacial score (nSPS) is 52.2. The lowest BCUT2D eigenvalue weighted by molar-refractivity contribution is -0.114. The Morgan fingerprint density at radius 3 is 2.42 bits per heavy atom. The molecule has 8 atom stereocenters. The molecule has 24 heavy (non-hydrogen) atoms. The summed E-state index contributed by atoms with van der Waals surface area (Å²) in [4.78, 5) is 0. The van der Waals surface area contributed by atoms with Crippen LogP contribution in [0.1, 0.15) is 105 Å². The van der Waals surface area contributed by atoms with Crippen molar-refractivity contribution in [1.29, 1.82) is 0 Å². The fourth-order valence-electron chi connectivity index (χ4n) is 8.93. The first-order valence-electron chi connectivity index (χ1n) is 11.5. The zero-order chi connectivity index (χ0) is 16.9. The minimum Gasteiger partial charge on any atom is -0.0654 e. The highest BCUT2D eigenvalue weighted by atomic mass is 14.6. The first-order valence-corrected chi connectivity index (χ1v) is 11.5. The molecule has 0 amide bonds. The Morgan fingerprint density at radius 2 is 1.62 bits per heavy atom. The molecule has 4 aliphatic rings. The maximum absolute atomic E-state index is 2.73. The van der Waals surface area contributed by atoms with Crippen molar-refractivity contribution in [2.24, 2.45) is 46.3 Å². The molecule has 1 unspecified atom stereocenters. The third-order valence-electron chi connectivity index (χ3n) is 10.1. The molecule has 0 spiro atoms. The van der Waals surface area contributed by atoms with E-state index in [1.165, 1.54) is 25.7 Å². The Hall–Kier alpha value is 0. The highest BCUT2D eigenvalue weighted by molar-refractivity contribution is 5.09. The van der Waals surface area contributed by atoms with Crippen molar-refractivity contribution in [1.82, 2.24) is 0 Å². The summed E-state index contributed by atoms with van der Waals surface area (Å²) in [5.41, 5.74) is 1.41. The van der Waals surface area contributed by atoms with Gasteiger partial charge < -0.3 is 0 Å². The predicted molar refractivity (Wildman–Crippen MR) is 104 cm³/mol. The number of hydrogen-bond donors (Lipinski definition) is 0. The second-order valence-corrected chi connectivity index (χ2v) is 10.9. The van der Waals surface area contributed by atoms with Crippen LogP contribution in [0.5, 0.6) is 0 Å². The topological polar surface area (TPSA) is 0 Å². The van der Waals surface area contributed by atoms with E-state index in [0.717, 1.165) is 40.9 Å². The second kappa shape index (κ2) is 6.31. The van der Waals surface area contributed by atoms with Gasteiger partial charge in [-0.2, -0.15) is 0 Å². The summed E-state index contributed by atoms with van der Waals surface area (Å²) in [5, 5.41) is 0. The maximum atomic E-state index is 2.73.